The van der Waals surface area contributed by atoms with E-state index < -0.39 is 22.9 Å². The Morgan fingerprint density at radius 1 is 1.03 bits per heavy atom. The first kappa shape index (κ1) is 22.5. The third kappa shape index (κ3) is 5.60. The van der Waals surface area contributed by atoms with Crippen molar-refractivity contribution < 1.29 is 33.5 Å². The van der Waals surface area contributed by atoms with Crippen LogP contribution in [0.2, 0.25) is 0 Å². The van der Waals surface area contributed by atoms with Crippen LogP contribution in [0.15, 0.2) is 36.4 Å². The second-order valence-electron chi connectivity index (χ2n) is 6.12. The summed E-state index contributed by atoms with van der Waals surface area (Å²) in [4.78, 5) is 35.2. The van der Waals surface area contributed by atoms with Gasteiger partial charge in [-0.25, -0.2) is 0 Å². The number of ether oxygens (including phenoxy) is 4. The lowest BCUT2D eigenvalue weighted by molar-refractivity contribution is -0.384. The zero-order valence-corrected chi connectivity index (χ0v) is 17.0. The normalized spacial score (nSPS) is 11.2. The molecule has 1 atom stereocenters. The maximum absolute atomic E-state index is 12.4. The van der Waals surface area contributed by atoms with Crippen molar-refractivity contribution in [2.24, 2.45) is 0 Å². The molecule has 0 saturated heterocycles. The molecule has 0 radical (unpaired) electrons. The molecule has 0 heterocycles. The van der Waals surface area contributed by atoms with Crippen LogP contribution >= 0.6 is 0 Å². The summed E-state index contributed by atoms with van der Waals surface area (Å²) < 4.78 is 20.4. The summed E-state index contributed by atoms with van der Waals surface area (Å²) in [6.45, 7) is 1.37. The van der Waals surface area contributed by atoms with Crippen molar-refractivity contribution in [1.82, 2.24) is 0 Å². The lowest BCUT2D eigenvalue weighted by atomic mass is 10.1. The van der Waals surface area contributed by atoms with Crippen LogP contribution in [0.25, 0.3) is 0 Å². The zero-order valence-electron chi connectivity index (χ0n) is 17.0. The van der Waals surface area contributed by atoms with Gasteiger partial charge in [0.15, 0.2) is 6.10 Å². The molecule has 160 valence electrons. The summed E-state index contributed by atoms with van der Waals surface area (Å²) in [5, 5.41) is 13.6. The summed E-state index contributed by atoms with van der Waals surface area (Å²) in [6, 6.07) is 8.94. The van der Waals surface area contributed by atoms with Gasteiger partial charge in [0.2, 0.25) is 0 Å². The molecular formula is C20H22N2O8. The molecule has 0 aliphatic heterocycles. The van der Waals surface area contributed by atoms with E-state index in [0.717, 1.165) is 0 Å². The van der Waals surface area contributed by atoms with Crippen molar-refractivity contribution in [3.05, 3.63) is 52.1 Å². The molecule has 0 aliphatic rings. The van der Waals surface area contributed by atoms with Crippen LogP contribution < -0.4 is 19.5 Å². The highest BCUT2D eigenvalue weighted by atomic mass is 16.6. The summed E-state index contributed by atoms with van der Waals surface area (Å²) in [6.07, 6.45) is -1.31. The van der Waals surface area contributed by atoms with Crippen LogP contribution in [0.4, 0.5) is 11.4 Å². The van der Waals surface area contributed by atoms with Crippen molar-refractivity contribution in [2.75, 3.05) is 26.6 Å². The molecule has 0 unspecified atom stereocenters. The molecule has 0 aliphatic carbocycles. The Kier molecular flexibility index (Phi) is 7.56. The first-order chi connectivity index (χ1) is 14.3. The number of carbonyl (C=O) groups is 2. The van der Waals surface area contributed by atoms with Crippen molar-refractivity contribution in [1.29, 1.82) is 0 Å². The molecule has 1 amide bonds. The van der Waals surface area contributed by atoms with Gasteiger partial charge in [0, 0.05) is 11.6 Å². The monoisotopic (exact) mass is 418 g/mol. The number of hydrogen-bond acceptors (Lipinski definition) is 8. The molecule has 10 heteroatoms. The first-order valence-corrected chi connectivity index (χ1v) is 8.82. The highest BCUT2D eigenvalue weighted by Crippen LogP contribution is 2.29. The molecule has 10 nitrogen and oxygen atoms in total. The fourth-order valence-corrected chi connectivity index (χ4v) is 2.58. The van der Waals surface area contributed by atoms with E-state index in [1.807, 2.05) is 0 Å². The Bertz CT molecular complexity index is 944. The van der Waals surface area contributed by atoms with Gasteiger partial charge in [-0.2, -0.15) is 0 Å². The second kappa shape index (κ2) is 10.1. The maximum atomic E-state index is 12.4. The van der Waals surface area contributed by atoms with Crippen molar-refractivity contribution >= 4 is 23.3 Å². The van der Waals surface area contributed by atoms with Crippen LogP contribution in [-0.2, 0) is 20.7 Å². The number of hydrogen-bond donors (Lipinski definition) is 1. The largest absolute Gasteiger partial charge is 0.497 e. The predicted octanol–water partition coefficient (Wildman–Crippen LogP) is 2.73. The van der Waals surface area contributed by atoms with E-state index in [1.54, 1.807) is 18.2 Å². The molecule has 30 heavy (non-hydrogen) atoms. The first-order valence-electron chi connectivity index (χ1n) is 8.82. The summed E-state index contributed by atoms with van der Waals surface area (Å²) >= 11 is 0. The summed E-state index contributed by atoms with van der Waals surface area (Å²) in [5.41, 5.74) is 0.177. The fourth-order valence-electron chi connectivity index (χ4n) is 2.58. The lowest BCUT2D eigenvalue weighted by Gasteiger charge is -2.15. The third-order valence-electron chi connectivity index (χ3n) is 4.17. The number of methoxy groups -OCH3 is 3. The summed E-state index contributed by atoms with van der Waals surface area (Å²) in [7, 11) is 4.34. The highest BCUT2D eigenvalue weighted by Gasteiger charge is 2.23. The zero-order chi connectivity index (χ0) is 22.3. The molecule has 2 rings (SSSR count). The van der Waals surface area contributed by atoms with Crippen LogP contribution in [0.5, 0.6) is 17.2 Å². The van der Waals surface area contributed by atoms with Crippen LogP contribution in [0.3, 0.4) is 0 Å². The number of esters is 1. The predicted molar refractivity (Wildman–Crippen MR) is 107 cm³/mol. The number of nitrogens with one attached hydrogen (secondary N) is 1. The Labute approximate surface area is 172 Å². The quantitative estimate of drug-likeness (QED) is 0.374. The van der Waals surface area contributed by atoms with Gasteiger partial charge >= 0.3 is 5.97 Å². The molecule has 0 aromatic heterocycles. The van der Waals surface area contributed by atoms with Crippen LogP contribution in [0, 0.1) is 10.1 Å². The molecular weight excluding hydrogens is 396 g/mol. The molecule has 0 saturated carbocycles. The third-order valence-corrected chi connectivity index (χ3v) is 4.17. The SMILES string of the molecule is COc1ccc(CC(=O)O[C@@H](C)C(=O)Nc2ccc(OC)cc2[N+](=O)[O-])c(OC)c1. The van der Waals surface area contributed by atoms with Gasteiger partial charge in [-0.05, 0) is 25.1 Å². The van der Waals surface area contributed by atoms with E-state index >= 15 is 0 Å². The molecule has 0 spiro atoms. The molecule has 2 aromatic rings. The van der Waals surface area contributed by atoms with E-state index in [9.17, 15) is 19.7 Å². The van der Waals surface area contributed by atoms with E-state index in [1.165, 1.54) is 46.5 Å². The van der Waals surface area contributed by atoms with Gasteiger partial charge < -0.3 is 24.3 Å². The van der Waals surface area contributed by atoms with E-state index in [0.29, 0.717) is 17.1 Å². The van der Waals surface area contributed by atoms with E-state index in [4.69, 9.17) is 18.9 Å². The molecule has 0 bridgehead atoms. The fraction of sp³-hybridized carbons (Fsp3) is 0.300. The van der Waals surface area contributed by atoms with Crippen molar-refractivity contribution in [2.45, 2.75) is 19.4 Å². The van der Waals surface area contributed by atoms with Crippen molar-refractivity contribution in [3.8, 4) is 17.2 Å². The highest BCUT2D eigenvalue weighted by molar-refractivity contribution is 5.97. The van der Waals surface area contributed by atoms with Crippen LogP contribution in [0.1, 0.15) is 12.5 Å². The van der Waals surface area contributed by atoms with E-state index in [2.05, 4.69) is 5.32 Å². The minimum absolute atomic E-state index is 0.0366. The standard InChI is InChI=1S/C20H22N2O8/c1-12(20(24)21-16-8-7-14(27-2)10-17(16)22(25)26)30-19(23)9-13-5-6-15(28-3)11-18(13)29-4/h5-8,10-12H,9H2,1-4H3,(H,21,24)/t12-/m0/s1. The second-order valence-corrected chi connectivity index (χ2v) is 6.12. The average Bonchev–Trinajstić information content (AvgIpc) is 2.73. The average molecular weight is 418 g/mol. The van der Waals surface area contributed by atoms with E-state index in [-0.39, 0.29) is 23.5 Å². The van der Waals surface area contributed by atoms with Gasteiger partial charge in [-0.1, -0.05) is 6.07 Å². The van der Waals surface area contributed by atoms with Crippen LogP contribution in [-0.4, -0.2) is 44.2 Å². The molecule has 0 fully saturated rings. The number of nitro groups is 1. The number of nitro benzene ring substituents is 1. The Balaban J connectivity index is 2.04. The van der Waals surface area contributed by atoms with Gasteiger partial charge in [-0.15, -0.1) is 0 Å². The lowest BCUT2D eigenvalue weighted by Crippen LogP contribution is -2.30. The van der Waals surface area contributed by atoms with Gasteiger partial charge in [0.25, 0.3) is 11.6 Å². The smallest absolute Gasteiger partial charge is 0.311 e. The summed E-state index contributed by atoms with van der Waals surface area (Å²) in [5.74, 6) is -0.0914. The number of rotatable bonds is 9. The Morgan fingerprint density at radius 3 is 2.27 bits per heavy atom. The van der Waals surface area contributed by atoms with Crippen molar-refractivity contribution in [3.63, 3.8) is 0 Å². The molecule has 2 aromatic carbocycles. The maximum Gasteiger partial charge on any atom is 0.311 e. The minimum atomic E-state index is -1.18. The topological polar surface area (TPSA) is 126 Å². The Morgan fingerprint density at radius 2 is 1.67 bits per heavy atom. The number of carbonyl (C=O) groups excluding carboxylic acids is 2. The number of anilines is 1. The number of nitrogens with zero attached hydrogens (tertiary/aromatic N) is 1. The van der Waals surface area contributed by atoms with Gasteiger partial charge in [0.05, 0.1) is 38.7 Å². The number of benzene rings is 2. The minimum Gasteiger partial charge on any atom is -0.497 e. The van der Waals surface area contributed by atoms with Gasteiger partial charge in [0.1, 0.15) is 22.9 Å². The Hall–Kier alpha value is -3.82. The van der Waals surface area contributed by atoms with Gasteiger partial charge in [-0.3, -0.25) is 19.7 Å². The molecule has 1 N–H and O–H groups in total. The number of amides is 1.